The zero-order valence-corrected chi connectivity index (χ0v) is 18.0. The molecule has 0 unspecified atom stereocenters. The van der Waals surface area contributed by atoms with Gasteiger partial charge in [0.05, 0.1) is 0 Å². The van der Waals surface area contributed by atoms with E-state index in [0.717, 1.165) is 0 Å². The number of rotatable bonds is 3. The van der Waals surface area contributed by atoms with E-state index >= 15 is 0 Å². The molecule has 116 valence electrons. The first-order chi connectivity index (χ1) is 11.1. The van der Waals surface area contributed by atoms with Gasteiger partial charge in [0, 0.05) is 0 Å². The maximum atomic E-state index is 2.43. The molecule has 0 aromatic heterocycles. The molecule has 0 aliphatic rings. The Balaban J connectivity index is 2.41. The van der Waals surface area contributed by atoms with Crippen molar-refractivity contribution in [2.45, 2.75) is 23.7 Å². The van der Waals surface area contributed by atoms with Crippen molar-refractivity contribution >= 4 is 30.5 Å². The third-order valence-electron chi connectivity index (χ3n) is 4.75. The van der Waals surface area contributed by atoms with Crippen LogP contribution >= 0.6 is 0 Å². The molecule has 0 radical (unpaired) electrons. The van der Waals surface area contributed by atoms with Crippen LogP contribution in [0, 0.1) is 0 Å². The van der Waals surface area contributed by atoms with Crippen molar-refractivity contribution in [3.8, 4) is 0 Å². The first kappa shape index (κ1) is 16.4. The van der Waals surface area contributed by atoms with E-state index in [1.165, 1.54) is 0 Å². The maximum absolute atomic E-state index is 3.29. The molecule has 3 aromatic carbocycles. The fourth-order valence-electron chi connectivity index (χ4n) is 3.86. The van der Waals surface area contributed by atoms with Gasteiger partial charge in [0.25, 0.3) is 0 Å². The molecule has 0 heterocycles. The fraction of sp³-hybridized carbons (Fsp3) is 0.182. The van der Waals surface area contributed by atoms with Crippen LogP contribution in [0.4, 0.5) is 0 Å². The van der Waals surface area contributed by atoms with Gasteiger partial charge in [-0.1, -0.05) is 0 Å². The van der Waals surface area contributed by atoms with Crippen LogP contribution in [0.1, 0.15) is 20.8 Å². The first-order valence-electron chi connectivity index (χ1n) is 8.23. The Kier molecular flexibility index (Phi) is 4.72. The van der Waals surface area contributed by atoms with E-state index < -0.39 is 21.2 Å². The van der Waals surface area contributed by atoms with E-state index in [1.807, 2.05) is 0 Å². The standard InChI is InChI=1S/3C6H5.C4H9.Pb/c3*1-2-4-6-5-3-1;1-4(2)3;/h3*1-5H;1-3H3;. The summed E-state index contributed by atoms with van der Waals surface area (Å²) in [4.78, 5) is 0. The Hall–Kier alpha value is -1.42. The second-order valence-corrected chi connectivity index (χ2v) is 25.5. The molecule has 0 saturated carbocycles. The molecule has 0 spiro atoms. The van der Waals surface area contributed by atoms with Gasteiger partial charge < -0.3 is 0 Å². The Labute approximate surface area is 144 Å². The summed E-state index contributed by atoms with van der Waals surface area (Å²) in [6.45, 7) is 7.30. The van der Waals surface area contributed by atoms with Gasteiger partial charge in [-0.25, -0.2) is 0 Å². The second-order valence-electron chi connectivity index (χ2n) is 7.10. The van der Waals surface area contributed by atoms with Crippen LogP contribution in [0.3, 0.4) is 0 Å². The van der Waals surface area contributed by atoms with Crippen LogP contribution in [0.15, 0.2) is 91.0 Å². The molecule has 0 bridgehead atoms. The van der Waals surface area contributed by atoms with Gasteiger partial charge in [0.15, 0.2) is 0 Å². The van der Waals surface area contributed by atoms with Crippen LogP contribution in [-0.2, 0) is 0 Å². The quantitative estimate of drug-likeness (QED) is 0.483. The average Bonchev–Trinajstić information content (AvgIpc) is 2.57. The summed E-state index contributed by atoms with van der Waals surface area (Å²) < 4.78 is 4.93. The number of benzene rings is 3. The predicted octanol–water partition coefficient (Wildman–Crippen LogP) is 3.96. The molecular formula is C22H24Pb. The van der Waals surface area contributed by atoms with Gasteiger partial charge in [-0.15, -0.1) is 0 Å². The molecular weight excluding hydrogens is 471 g/mol. The first-order valence-corrected chi connectivity index (χ1v) is 16.0. The van der Waals surface area contributed by atoms with E-state index in [1.54, 1.807) is 9.37 Å². The molecule has 0 N–H and O–H groups in total. The van der Waals surface area contributed by atoms with Gasteiger partial charge in [-0.05, 0) is 0 Å². The normalized spacial score (nSPS) is 12.1. The van der Waals surface area contributed by atoms with Gasteiger partial charge in [-0.2, -0.15) is 0 Å². The van der Waals surface area contributed by atoms with Crippen molar-refractivity contribution in [2.24, 2.45) is 0 Å². The zero-order chi connectivity index (χ0) is 16.3. The molecule has 0 aliphatic carbocycles. The third-order valence-corrected chi connectivity index (χ3v) is 27.5. The van der Waals surface area contributed by atoms with Crippen molar-refractivity contribution in [3.05, 3.63) is 91.0 Å². The SMILES string of the molecule is C[C](C)(C)[Pb]([c]1ccccc1)([c]1ccccc1)[c]1ccccc1. The molecule has 0 nitrogen and oxygen atoms in total. The molecule has 0 saturated heterocycles. The molecule has 1 heteroatoms. The van der Waals surface area contributed by atoms with Crippen molar-refractivity contribution in [2.75, 3.05) is 0 Å². The average molecular weight is 496 g/mol. The van der Waals surface area contributed by atoms with Crippen LogP contribution < -0.4 is 9.37 Å². The monoisotopic (exact) mass is 496 g/mol. The van der Waals surface area contributed by atoms with E-state index in [4.69, 9.17) is 0 Å². The topological polar surface area (TPSA) is 0 Å². The van der Waals surface area contributed by atoms with E-state index in [-0.39, 0.29) is 2.97 Å². The summed E-state index contributed by atoms with van der Waals surface area (Å²) in [5.74, 6) is 0. The van der Waals surface area contributed by atoms with Crippen molar-refractivity contribution < 1.29 is 0 Å². The summed E-state index contributed by atoms with van der Waals surface area (Å²) >= 11 is -3.29. The minimum absolute atomic E-state index is 0.247. The second kappa shape index (κ2) is 6.60. The van der Waals surface area contributed by atoms with Crippen molar-refractivity contribution in [1.82, 2.24) is 0 Å². The number of hydrogen-bond donors (Lipinski definition) is 0. The summed E-state index contributed by atoms with van der Waals surface area (Å²) in [5.41, 5.74) is 0. The van der Waals surface area contributed by atoms with Crippen LogP contribution in [0.5, 0.6) is 0 Å². The molecule has 3 rings (SSSR count). The molecule has 0 aliphatic heterocycles. The zero-order valence-electron chi connectivity index (χ0n) is 14.2. The molecule has 23 heavy (non-hydrogen) atoms. The van der Waals surface area contributed by atoms with Gasteiger partial charge >= 0.3 is 145 Å². The van der Waals surface area contributed by atoms with E-state index in [9.17, 15) is 0 Å². The summed E-state index contributed by atoms with van der Waals surface area (Å²) in [6, 6.07) is 33.7. The van der Waals surface area contributed by atoms with Gasteiger partial charge in [0.2, 0.25) is 0 Å². The molecule has 0 fully saturated rings. The third kappa shape index (κ3) is 2.89. The Morgan fingerprint density at radius 1 is 0.478 bits per heavy atom. The summed E-state index contributed by atoms with van der Waals surface area (Å²) in [5, 5.41) is 0. The van der Waals surface area contributed by atoms with Crippen molar-refractivity contribution in [3.63, 3.8) is 0 Å². The summed E-state index contributed by atoms with van der Waals surface area (Å²) in [7, 11) is 0. The van der Waals surface area contributed by atoms with E-state index in [0.29, 0.717) is 0 Å². The Morgan fingerprint density at radius 3 is 0.957 bits per heavy atom. The molecule has 3 aromatic rings. The minimum atomic E-state index is -3.29. The predicted molar refractivity (Wildman–Crippen MR) is 104 cm³/mol. The fourth-order valence-corrected chi connectivity index (χ4v) is 25.9. The Morgan fingerprint density at radius 2 is 0.739 bits per heavy atom. The van der Waals surface area contributed by atoms with Crippen LogP contribution in [0.25, 0.3) is 0 Å². The van der Waals surface area contributed by atoms with Gasteiger partial charge in [-0.3, -0.25) is 0 Å². The van der Waals surface area contributed by atoms with Crippen molar-refractivity contribution in [1.29, 1.82) is 0 Å². The van der Waals surface area contributed by atoms with E-state index in [2.05, 4.69) is 112 Å². The Bertz CT molecular complexity index is 644. The van der Waals surface area contributed by atoms with Crippen LogP contribution in [-0.4, -0.2) is 21.2 Å². The summed E-state index contributed by atoms with van der Waals surface area (Å²) in [6.07, 6.45) is 0. The number of hydrogen-bond acceptors (Lipinski definition) is 0. The van der Waals surface area contributed by atoms with Crippen LogP contribution in [0.2, 0.25) is 2.97 Å². The molecule has 0 amide bonds. The molecule has 0 atom stereocenters. The van der Waals surface area contributed by atoms with Gasteiger partial charge in [0.1, 0.15) is 0 Å².